The van der Waals surface area contributed by atoms with Gasteiger partial charge >= 0.3 is 0 Å². The third-order valence-corrected chi connectivity index (χ3v) is 4.81. The molecule has 0 amide bonds. The molecule has 0 radical (unpaired) electrons. The van der Waals surface area contributed by atoms with Gasteiger partial charge in [0.2, 0.25) is 10.0 Å². The Morgan fingerprint density at radius 3 is 2.70 bits per heavy atom. The average Bonchev–Trinajstić information content (AvgIpc) is 2.98. The highest BCUT2D eigenvalue weighted by Crippen LogP contribution is 2.19. The Balaban J connectivity index is 2.18. The predicted octanol–water partition coefficient (Wildman–Crippen LogP) is 1.25. The van der Waals surface area contributed by atoms with E-state index >= 15 is 0 Å². The van der Waals surface area contributed by atoms with E-state index in [4.69, 9.17) is 4.52 Å². The van der Waals surface area contributed by atoms with E-state index in [9.17, 15) is 8.42 Å². The van der Waals surface area contributed by atoms with E-state index < -0.39 is 10.0 Å². The number of hydrogen-bond acceptors (Lipinski definition) is 5. The molecule has 0 aliphatic heterocycles. The first-order valence-corrected chi connectivity index (χ1v) is 7.83. The van der Waals surface area contributed by atoms with Crippen molar-refractivity contribution in [1.29, 1.82) is 0 Å². The standard InChI is InChI=1S/C12H18N4O3S/c1-4-11(7-16-6-5-13-8-16)15-20(17,18)12-9(2)14-19-10(12)3/h5-6,8,11,15H,4,7H2,1-3H3. The van der Waals surface area contributed by atoms with Gasteiger partial charge in [-0.1, -0.05) is 12.1 Å². The summed E-state index contributed by atoms with van der Waals surface area (Å²) < 4.78 is 34.2. The van der Waals surface area contributed by atoms with Gasteiger partial charge in [0.1, 0.15) is 10.6 Å². The zero-order valence-electron chi connectivity index (χ0n) is 11.7. The maximum Gasteiger partial charge on any atom is 0.246 e. The fourth-order valence-corrected chi connectivity index (χ4v) is 3.68. The fraction of sp³-hybridized carbons (Fsp3) is 0.500. The zero-order chi connectivity index (χ0) is 14.8. The minimum absolute atomic E-state index is 0.126. The first-order valence-electron chi connectivity index (χ1n) is 6.35. The van der Waals surface area contributed by atoms with Crippen LogP contribution in [0, 0.1) is 13.8 Å². The third-order valence-electron chi connectivity index (χ3n) is 3.04. The largest absolute Gasteiger partial charge is 0.360 e. The molecule has 1 unspecified atom stereocenters. The molecular formula is C12H18N4O3S. The number of sulfonamides is 1. The van der Waals surface area contributed by atoms with Gasteiger partial charge < -0.3 is 9.09 Å². The van der Waals surface area contributed by atoms with Crippen molar-refractivity contribution in [3.05, 3.63) is 30.2 Å². The van der Waals surface area contributed by atoms with Gasteiger partial charge in [0.25, 0.3) is 0 Å². The normalized spacial score (nSPS) is 13.6. The lowest BCUT2D eigenvalue weighted by atomic mass is 10.2. The lowest BCUT2D eigenvalue weighted by Gasteiger charge is -2.17. The minimum Gasteiger partial charge on any atom is -0.360 e. The summed E-state index contributed by atoms with van der Waals surface area (Å²) in [5.74, 6) is 0.299. The zero-order valence-corrected chi connectivity index (χ0v) is 12.5. The fourth-order valence-electron chi connectivity index (χ4n) is 2.04. The van der Waals surface area contributed by atoms with Gasteiger partial charge in [-0.05, 0) is 20.3 Å². The summed E-state index contributed by atoms with van der Waals surface area (Å²) in [5, 5.41) is 3.68. The van der Waals surface area contributed by atoms with Crippen LogP contribution in [0.1, 0.15) is 24.8 Å². The Morgan fingerprint density at radius 2 is 2.20 bits per heavy atom. The van der Waals surface area contributed by atoms with Crippen LogP contribution >= 0.6 is 0 Å². The summed E-state index contributed by atoms with van der Waals surface area (Å²) in [6.45, 7) is 5.66. The Morgan fingerprint density at radius 1 is 1.45 bits per heavy atom. The molecule has 2 rings (SSSR count). The minimum atomic E-state index is -3.63. The summed E-state index contributed by atoms with van der Waals surface area (Å²) in [6.07, 6.45) is 5.79. The van der Waals surface area contributed by atoms with Crippen LogP contribution in [0.25, 0.3) is 0 Å². The van der Waals surface area contributed by atoms with Crippen LogP contribution < -0.4 is 4.72 Å². The van der Waals surface area contributed by atoms with Crippen molar-refractivity contribution in [2.45, 2.75) is 44.7 Å². The maximum atomic E-state index is 12.4. The lowest BCUT2D eigenvalue weighted by Crippen LogP contribution is -2.37. The molecule has 0 bridgehead atoms. The molecule has 0 saturated carbocycles. The Hall–Kier alpha value is -1.67. The van der Waals surface area contributed by atoms with Crippen molar-refractivity contribution in [3.63, 3.8) is 0 Å². The van der Waals surface area contributed by atoms with Crippen molar-refractivity contribution in [1.82, 2.24) is 19.4 Å². The first-order chi connectivity index (χ1) is 9.44. The topological polar surface area (TPSA) is 90.0 Å². The monoisotopic (exact) mass is 298 g/mol. The predicted molar refractivity (Wildman–Crippen MR) is 72.6 cm³/mol. The molecule has 2 aromatic heterocycles. The van der Waals surface area contributed by atoms with E-state index in [1.807, 2.05) is 11.5 Å². The van der Waals surface area contributed by atoms with Gasteiger partial charge in [-0.3, -0.25) is 0 Å². The van der Waals surface area contributed by atoms with E-state index in [0.717, 1.165) is 0 Å². The number of nitrogens with one attached hydrogen (secondary N) is 1. The molecule has 0 saturated heterocycles. The molecule has 0 aliphatic carbocycles. The molecule has 8 heteroatoms. The van der Waals surface area contributed by atoms with Gasteiger partial charge in [0, 0.05) is 25.0 Å². The van der Waals surface area contributed by atoms with Crippen molar-refractivity contribution in [3.8, 4) is 0 Å². The van der Waals surface area contributed by atoms with Crippen molar-refractivity contribution >= 4 is 10.0 Å². The summed E-state index contributed by atoms with van der Waals surface area (Å²) in [6, 6.07) is -0.220. The molecular weight excluding hydrogens is 280 g/mol. The molecule has 1 N–H and O–H groups in total. The van der Waals surface area contributed by atoms with Crippen molar-refractivity contribution in [2.75, 3.05) is 0 Å². The van der Waals surface area contributed by atoms with Gasteiger partial charge in [-0.25, -0.2) is 18.1 Å². The molecule has 2 heterocycles. The second-order valence-corrected chi connectivity index (χ2v) is 6.29. The highest BCUT2D eigenvalue weighted by atomic mass is 32.2. The second kappa shape index (κ2) is 5.76. The molecule has 110 valence electrons. The van der Waals surface area contributed by atoms with Crippen LogP contribution in [0.15, 0.2) is 28.1 Å². The van der Waals surface area contributed by atoms with Gasteiger partial charge in [0.05, 0.1) is 6.33 Å². The molecule has 2 aromatic rings. The smallest absolute Gasteiger partial charge is 0.246 e. The summed E-state index contributed by atoms with van der Waals surface area (Å²) in [4.78, 5) is 4.07. The maximum absolute atomic E-state index is 12.4. The summed E-state index contributed by atoms with van der Waals surface area (Å²) in [7, 11) is -3.63. The number of rotatable bonds is 6. The lowest BCUT2D eigenvalue weighted by molar-refractivity contribution is 0.390. The SMILES string of the molecule is CCC(Cn1ccnc1)NS(=O)(=O)c1c(C)noc1C. The van der Waals surface area contributed by atoms with Crippen LogP contribution in [0.4, 0.5) is 0 Å². The highest BCUT2D eigenvalue weighted by molar-refractivity contribution is 7.89. The van der Waals surface area contributed by atoms with Crippen LogP contribution in [0.5, 0.6) is 0 Å². The van der Waals surface area contributed by atoms with Crippen molar-refractivity contribution in [2.24, 2.45) is 0 Å². The molecule has 7 nitrogen and oxygen atoms in total. The van der Waals surface area contributed by atoms with Crippen LogP contribution in [0.2, 0.25) is 0 Å². The van der Waals surface area contributed by atoms with Gasteiger partial charge in [-0.15, -0.1) is 0 Å². The summed E-state index contributed by atoms with van der Waals surface area (Å²) in [5.41, 5.74) is 0.368. The molecule has 20 heavy (non-hydrogen) atoms. The molecule has 0 fully saturated rings. The molecule has 0 aromatic carbocycles. The van der Waals surface area contributed by atoms with Crippen molar-refractivity contribution < 1.29 is 12.9 Å². The van der Waals surface area contributed by atoms with Gasteiger partial charge in [0.15, 0.2) is 5.76 Å². The quantitative estimate of drug-likeness (QED) is 0.866. The molecule has 0 aliphatic rings. The van der Waals surface area contributed by atoms with E-state index in [1.165, 1.54) is 0 Å². The molecule has 0 spiro atoms. The highest BCUT2D eigenvalue weighted by Gasteiger charge is 2.26. The first kappa shape index (κ1) is 14.7. The Kier molecular flexibility index (Phi) is 4.24. The van der Waals surface area contributed by atoms with E-state index in [2.05, 4.69) is 14.9 Å². The van der Waals surface area contributed by atoms with E-state index in [-0.39, 0.29) is 10.9 Å². The number of hydrogen-bond donors (Lipinski definition) is 1. The molecule has 1 atom stereocenters. The van der Waals surface area contributed by atoms with Crippen LogP contribution in [0.3, 0.4) is 0 Å². The Labute approximate surface area is 118 Å². The van der Waals surface area contributed by atoms with Crippen LogP contribution in [-0.4, -0.2) is 29.2 Å². The number of imidazole rings is 1. The number of aryl methyl sites for hydroxylation is 2. The van der Waals surface area contributed by atoms with E-state index in [1.54, 1.807) is 32.6 Å². The number of aromatic nitrogens is 3. The van der Waals surface area contributed by atoms with E-state index in [0.29, 0.717) is 24.4 Å². The summed E-state index contributed by atoms with van der Waals surface area (Å²) >= 11 is 0. The Bertz CT molecular complexity index is 641. The third kappa shape index (κ3) is 3.07. The van der Waals surface area contributed by atoms with Crippen LogP contribution in [-0.2, 0) is 16.6 Å². The average molecular weight is 298 g/mol. The second-order valence-electron chi connectivity index (χ2n) is 4.64. The van der Waals surface area contributed by atoms with Gasteiger partial charge in [-0.2, -0.15) is 0 Å². The number of nitrogens with zero attached hydrogens (tertiary/aromatic N) is 3.